The van der Waals surface area contributed by atoms with Gasteiger partial charge in [-0.1, -0.05) is 13.0 Å². The van der Waals surface area contributed by atoms with Crippen molar-refractivity contribution in [3.8, 4) is 0 Å². The molecule has 0 saturated heterocycles. The highest BCUT2D eigenvalue weighted by Gasteiger charge is 2.50. The van der Waals surface area contributed by atoms with Crippen molar-refractivity contribution in [1.29, 1.82) is 0 Å². The Hall–Kier alpha value is -0.630. The van der Waals surface area contributed by atoms with E-state index >= 15 is 0 Å². The number of hydrogen-bond acceptors (Lipinski definition) is 2. The lowest BCUT2D eigenvalue weighted by molar-refractivity contribution is -0.150. The van der Waals surface area contributed by atoms with Crippen LogP contribution in [0.3, 0.4) is 0 Å². The molecule has 1 N–H and O–H groups in total. The van der Waals surface area contributed by atoms with Crippen molar-refractivity contribution in [2.45, 2.75) is 44.6 Å². The van der Waals surface area contributed by atoms with Crippen molar-refractivity contribution in [2.75, 3.05) is 0 Å². The van der Waals surface area contributed by atoms with E-state index in [1.165, 1.54) is 0 Å². The Labute approximate surface area is 91.4 Å². The van der Waals surface area contributed by atoms with Crippen LogP contribution in [0, 0.1) is 17.8 Å². The second-order valence-electron chi connectivity index (χ2n) is 5.46. The minimum Gasteiger partial charge on any atom is -0.389 e. The quantitative estimate of drug-likeness (QED) is 0.707. The van der Waals surface area contributed by atoms with E-state index in [0.29, 0.717) is 24.7 Å². The van der Waals surface area contributed by atoms with Gasteiger partial charge in [0.15, 0.2) is 0 Å². The standard InChI is InChI=1S/C13H20O2/c1-3-4-12-10-5-9(2)7-13(12,15)8-11(14)6-10/h3,9-10,12,15H,1,4-8H2,2H3. The first-order chi connectivity index (χ1) is 7.05. The maximum absolute atomic E-state index is 11.6. The van der Waals surface area contributed by atoms with Gasteiger partial charge in [0.25, 0.3) is 0 Å². The molecule has 2 nitrogen and oxygen atoms in total. The third-order valence-corrected chi connectivity index (χ3v) is 4.08. The van der Waals surface area contributed by atoms with Crippen LogP contribution in [0.25, 0.3) is 0 Å². The maximum atomic E-state index is 11.6. The van der Waals surface area contributed by atoms with Crippen LogP contribution in [0.2, 0.25) is 0 Å². The van der Waals surface area contributed by atoms with Crippen molar-refractivity contribution in [1.82, 2.24) is 0 Å². The molecule has 0 amide bonds. The topological polar surface area (TPSA) is 37.3 Å². The molecular formula is C13H20O2. The van der Waals surface area contributed by atoms with Crippen molar-refractivity contribution in [3.63, 3.8) is 0 Å². The molecule has 0 aromatic heterocycles. The summed E-state index contributed by atoms with van der Waals surface area (Å²) in [6, 6.07) is 0. The number of Topliss-reactive ketones (excluding diaryl/α,β-unsaturated/α-hetero) is 1. The van der Waals surface area contributed by atoms with Gasteiger partial charge in [-0.3, -0.25) is 4.79 Å². The van der Waals surface area contributed by atoms with Crippen LogP contribution in [0.1, 0.15) is 39.0 Å². The summed E-state index contributed by atoms with van der Waals surface area (Å²) >= 11 is 0. The molecule has 2 saturated carbocycles. The van der Waals surface area contributed by atoms with Gasteiger partial charge >= 0.3 is 0 Å². The molecule has 2 rings (SSSR count). The summed E-state index contributed by atoms with van der Waals surface area (Å²) in [5.74, 6) is 1.45. The van der Waals surface area contributed by atoms with E-state index in [1.54, 1.807) is 0 Å². The molecule has 2 aliphatic rings. The molecule has 2 bridgehead atoms. The largest absolute Gasteiger partial charge is 0.389 e. The molecule has 15 heavy (non-hydrogen) atoms. The third kappa shape index (κ3) is 1.87. The smallest absolute Gasteiger partial charge is 0.136 e. The molecule has 2 fully saturated rings. The molecule has 2 aliphatic carbocycles. The fraction of sp³-hybridized carbons (Fsp3) is 0.769. The Bertz CT molecular complexity index is 284. The average molecular weight is 208 g/mol. The van der Waals surface area contributed by atoms with Gasteiger partial charge in [0, 0.05) is 12.8 Å². The van der Waals surface area contributed by atoms with Gasteiger partial charge in [0.05, 0.1) is 5.60 Å². The van der Waals surface area contributed by atoms with Crippen LogP contribution in [0.15, 0.2) is 12.7 Å². The Morgan fingerprint density at radius 3 is 3.00 bits per heavy atom. The molecule has 4 unspecified atom stereocenters. The number of carbonyl (C=O) groups is 1. The van der Waals surface area contributed by atoms with Gasteiger partial charge < -0.3 is 5.11 Å². The molecule has 0 heterocycles. The Morgan fingerprint density at radius 1 is 1.67 bits per heavy atom. The normalized spacial score (nSPS) is 45.2. The van der Waals surface area contributed by atoms with Gasteiger partial charge in [-0.2, -0.15) is 0 Å². The Morgan fingerprint density at radius 2 is 2.40 bits per heavy atom. The van der Waals surface area contributed by atoms with Crippen LogP contribution in [0.5, 0.6) is 0 Å². The third-order valence-electron chi connectivity index (χ3n) is 4.08. The van der Waals surface area contributed by atoms with Crippen molar-refractivity contribution in [2.24, 2.45) is 17.8 Å². The minimum atomic E-state index is -0.730. The zero-order valence-corrected chi connectivity index (χ0v) is 9.41. The molecule has 0 radical (unpaired) electrons. The van der Waals surface area contributed by atoms with E-state index in [1.807, 2.05) is 6.08 Å². The second-order valence-corrected chi connectivity index (χ2v) is 5.46. The number of aliphatic hydroxyl groups is 1. The molecular weight excluding hydrogens is 188 g/mol. The monoisotopic (exact) mass is 208 g/mol. The number of carbonyl (C=O) groups excluding carboxylic acids is 1. The molecule has 84 valence electrons. The van der Waals surface area contributed by atoms with Crippen LogP contribution in [-0.2, 0) is 4.79 Å². The summed E-state index contributed by atoms with van der Waals surface area (Å²) in [5.41, 5.74) is -0.730. The average Bonchev–Trinajstić information content (AvgIpc) is 2.07. The van der Waals surface area contributed by atoms with E-state index in [-0.39, 0.29) is 11.7 Å². The molecule has 4 atom stereocenters. The lowest BCUT2D eigenvalue weighted by Crippen LogP contribution is -2.52. The summed E-state index contributed by atoms with van der Waals surface area (Å²) in [6.45, 7) is 5.93. The van der Waals surface area contributed by atoms with Crippen molar-refractivity contribution >= 4 is 5.78 Å². The number of fused-ring (bicyclic) bond motifs is 2. The fourth-order valence-electron chi connectivity index (χ4n) is 3.68. The zero-order valence-electron chi connectivity index (χ0n) is 9.41. The van der Waals surface area contributed by atoms with Gasteiger partial charge in [-0.15, -0.1) is 6.58 Å². The second kappa shape index (κ2) is 3.75. The fourth-order valence-corrected chi connectivity index (χ4v) is 3.68. The van der Waals surface area contributed by atoms with E-state index in [9.17, 15) is 9.90 Å². The summed E-state index contributed by atoms with van der Waals surface area (Å²) < 4.78 is 0. The zero-order chi connectivity index (χ0) is 11.1. The number of allylic oxidation sites excluding steroid dienone is 1. The number of ketones is 1. The predicted molar refractivity (Wildman–Crippen MR) is 59.4 cm³/mol. The van der Waals surface area contributed by atoms with Crippen LogP contribution < -0.4 is 0 Å². The van der Waals surface area contributed by atoms with Gasteiger partial charge in [0.1, 0.15) is 5.78 Å². The maximum Gasteiger partial charge on any atom is 0.136 e. The van der Waals surface area contributed by atoms with E-state index in [0.717, 1.165) is 19.3 Å². The highest BCUT2D eigenvalue weighted by atomic mass is 16.3. The predicted octanol–water partition coefficient (Wildman–Crippen LogP) is 2.32. The number of rotatable bonds is 2. The summed E-state index contributed by atoms with van der Waals surface area (Å²) in [7, 11) is 0. The summed E-state index contributed by atoms with van der Waals surface area (Å²) in [5, 5.41) is 10.6. The van der Waals surface area contributed by atoms with E-state index < -0.39 is 5.60 Å². The lowest BCUT2D eigenvalue weighted by atomic mass is 9.58. The molecule has 0 aromatic carbocycles. The molecule has 2 heteroatoms. The first-order valence-corrected chi connectivity index (χ1v) is 5.90. The van der Waals surface area contributed by atoms with E-state index in [2.05, 4.69) is 13.5 Å². The van der Waals surface area contributed by atoms with Gasteiger partial charge in [0.2, 0.25) is 0 Å². The molecule has 0 aromatic rings. The van der Waals surface area contributed by atoms with Crippen LogP contribution in [-0.4, -0.2) is 16.5 Å². The minimum absolute atomic E-state index is 0.245. The summed E-state index contributed by atoms with van der Waals surface area (Å²) in [4.78, 5) is 11.6. The van der Waals surface area contributed by atoms with Gasteiger partial charge in [-0.25, -0.2) is 0 Å². The first-order valence-electron chi connectivity index (χ1n) is 5.90. The first kappa shape index (κ1) is 10.9. The Balaban J connectivity index is 2.25. The molecule has 0 aliphatic heterocycles. The van der Waals surface area contributed by atoms with E-state index in [4.69, 9.17) is 0 Å². The van der Waals surface area contributed by atoms with Crippen LogP contribution in [0.4, 0.5) is 0 Å². The highest BCUT2D eigenvalue weighted by Crippen LogP contribution is 2.49. The van der Waals surface area contributed by atoms with Crippen LogP contribution >= 0.6 is 0 Å². The number of hydrogen-bond donors (Lipinski definition) is 1. The summed E-state index contributed by atoms with van der Waals surface area (Å²) in [6.07, 6.45) is 5.65. The SMILES string of the molecule is C=CCC1C2CC(=O)CC1(O)CC(C)C2. The molecule has 0 spiro atoms. The van der Waals surface area contributed by atoms with Crippen molar-refractivity contribution in [3.05, 3.63) is 12.7 Å². The van der Waals surface area contributed by atoms with Gasteiger partial charge in [-0.05, 0) is 37.0 Å². The lowest BCUT2D eigenvalue weighted by Gasteiger charge is -2.50. The van der Waals surface area contributed by atoms with Crippen molar-refractivity contribution < 1.29 is 9.90 Å². The highest BCUT2D eigenvalue weighted by molar-refractivity contribution is 5.81. The Kier molecular flexibility index (Phi) is 2.72.